The minimum absolute atomic E-state index is 0.0302. The van der Waals surface area contributed by atoms with Gasteiger partial charge < -0.3 is 25.5 Å². The summed E-state index contributed by atoms with van der Waals surface area (Å²) in [5, 5.41) is 15.5. The van der Waals surface area contributed by atoms with Gasteiger partial charge in [-0.3, -0.25) is 9.69 Å². The molecule has 4 atom stereocenters. The number of hydrogen-bond acceptors (Lipinski definition) is 7. The quantitative estimate of drug-likeness (QED) is 0.393. The number of carbonyl (C=O) groups is 2. The number of methoxy groups -OCH3 is 2. The first kappa shape index (κ1) is 29.0. The fourth-order valence-corrected chi connectivity index (χ4v) is 6.31. The number of carbonyl (C=O) groups excluding carboxylic acids is 2. The van der Waals surface area contributed by atoms with E-state index in [2.05, 4.69) is 10.6 Å². The number of allylic oxidation sites excluding steroid dienone is 3. The van der Waals surface area contributed by atoms with Gasteiger partial charge in [0.25, 0.3) is 0 Å². The van der Waals surface area contributed by atoms with Crippen molar-refractivity contribution in [3.63, 3.8) is 0 Å². The van der Waals surface area contributed by atoms with Crippen LogP contribution < -0.4 is 10.6 Å². The van der Waals surface area contributed by atoms with Crippen LogP contribution in [0.4, 0.5) is 10.1 Å². The molecule has 2 fully saturated rings. The van der Waals surface area contributed by atoms with Gasteiger partial charge in [0.15, 0.2) is 0 Å². The zero-order valence-corrected chi connectivity index (χ0v) is 23.9. The van der Waals surface area contributed by atoms with Crippen molar-refractivity contribution < 1.29 is 23.5 Å². The summed E-state index contributed by atoms with van der Waals surface area (Å²) < 4.78 is 25.8. The number of nitrogens with zero attached hydrogens (tertiary/aromatic N) is 1. The van der Waals surface area contributed by atoms with Gasteiger partial charge in [0.1, 0.15) is 5.82 Å². The van der Waals surface area contributed by atoms with E-state index in [9.17, 15) is 9.59 Å². The first-order valence-electron chi connectivity index (χ1n) is 13.0. The van der Waals surface area contributed by atoms with Gasteiger partial charge in [0.05, 0.1) is 42.1 Å². The maximum absolute atomic E-state index is 15.6. The van der Waals surface area contributed by atoms with Crippen LogP contribution in [0.2, 0.25) is 10.0 Å². The van der Waals surface area contributed by atoms with E-state index in [1.165, 1.54) is 19.3 Å². The van der Waals surface area contributed by atoms with Gasteiger partial charge in [-0.15, -0.1) is 0 Å². The predicted molar refractivity (Wildman–Crippen MR) is 156 cm³/mol. The third-order valence-electron chi connectivity index (χ3n) is 7.70. The predicted octanol–water partition coefficient (Wildman–Crippen LogP) is 4.86. The topological polar surface area (TPSA) is 104 Å². The summed E-state index contributed by atoms with van der Waals surface area (Å²) in [6.45, 7) is 0.760. The maximum Gasteiger partial charge on any atom is 0.337 e. The Labute approximate surface area is 247 Å². The van der Waals surface area contributed by atoms with E-state index in [1.807, 2.05) is 4.90 Å². The highest BCUT2D eigenvalue weighted by Crippen LogP contribution is 2.46. The Morgan fingerprint density at radius 2 is 1.95 bits per heavy atom. The Morgan fingerprint density at radius 3 is 2.66 bits per heavy atom. The van der Waals surface area contributed by atoms with E-state index >= 15 is 4.39 Å². The van der Waals surface area contributed by atoms with E-state index < -0.39 is 23.7 Å². The normalized spacial score (nSPS) is 25.5. The van der Waals surface area contributed by atoms with E-state index in [0.29, 0.717) is 41.4 Å². The highest BCUT2D eigenvalue weighted by molar-refractivity contribution is 6.31. The van der Waals surface area contributed by atoms with Crippen LogP contribution >= 0.6 is 23.2 Å². The number of ether oxygens (including phenoxy) is 2. The van der Waals surface area contributed by atoms with Crippen LogP contribution in [-0.4, -0.2) is 68.0 Å². The lowest BCUT2D eigenvalue weighted by Gasteiger charge is -2.31. The molecule has 214 valence electrons. The fraction of sp³-hybridized carbons (Fsp3) is 0.300. The summed E-state index contributed by atoms with van der Waals surface area (Å²) in [5.41, 5.74) is 2.66. The van der Waals surface area contributed by atoms with E-state index in [4.69, 9.17) is 38.1 Å². The molecule has 0 saturated carbocycles. The van der Waals surface area contributed by atoms with Crippen LogP contribution in [0.15, 0.2) is 77.5 Å². The van der Waals surface area contributed by atoms with Crippen molar-refractivity contribution in [3.05, 3.63) is 99.0 Å². The summed E-state index contributed by atoms with van der Waals surface area (Å²) in [5.74, 6) is -2.04. The number of hydrogen-bond donors (Lipinski definition) is 3. The maximum atomic E-state index is 15.6. The number of nitrogens with one attached hydrogen (secondary N) is 3. The molecular weight excluding hydrogens is 570 g/mol. The Kier molecular flexibility index (Phi) is 8.60. The number of anilines is 1. The Balaban J connectivity index is 1.55. The van der Waals surface area contributed by atoms with Gasteiger partial charge in [-0.25, -0.2) is 9.18 Å². The molecular formula is C30H29Cl2FN4O4. The molecule has 2 saturated heterocycles. The summed E-state index contributed by atoms with van der Waals surface area (Å²) in [4.78, 5) is 28.0. The molecule has 2 aromatic rings. The largest absolute Gasteiger partial charge is 0.465 e. The van der Waals surface area contributed by atoms with Crippen molar-refractivity contribution in [3.8, 4) is 0 Å². The lowest BCUT2D eigenvalue weighted by molar-refractivity contribution is -0.135. The number of fused-ring (bicyclic) bond motifs is 1. The number of esters is 1. The zero-order valence-electron chi connectivity index (χ0n) is 22.4. The minimum Gasteiger partial charge on any atom is -0.465 e. The molecule has 0 aromatic heterocycles. The van der Waals surface area contributed by atoms with Crippen molar-refractivity contribution in [2.24, 2.45) is 0 Å². The first-order chi connectivity index (χ1) is 19.7. The molecule has 5 rings (SSSR count). The molecule has 1 unspecified atom stereocenters. The summed E-state index contributed by atoms with van der Waals surface area (Å²) in [7, 11) is 2.87. The number of rotatable bonds is 7. The molecule has 2 aromatic carbocycles. The van der Waals surface area contributed by atoms with Crippen LogP contribution in [0, 0.1) is 11.2 Å². The van der Waals surface area contributed by atoms with E-state index in [-0.39, 0.29) is 34.3 Å². The first-order valence-corrected chi connectivity index (χ1v) is 13.8. The average Bonchev–Trinajstić information content (AvgIpc) is 3.50. The van der Waals surface area contributed by atoms with Gasteiger partial charge in [-0.05, 0) is 42.0 Å². The Hall–Kier alpha value is -3.50. The van der Waals surface area contributed by atoms with Crippen molar-refractivity contribution >= 4 is 46.5 Å². The number of benzene rings is 2. The van der Waals surface area contributed by atoms with Crippen molar-refractivity contribution in [1.29, 1.82) is 5.41 Å². The number of halogens is 3. The second-order valence-corrected chi connectivity index (χ2v) is 10.9. The van der Waals surface area contributed by atoms with Crippen molar-refractivity contribution in [2.45, 2.75) is 30.5 Å². The lowest BCUT2D eigenvalue weighted by Crippen LogP contribution is -2.46. The molecule has 1 aliphatic carbocycles. The van der Waals surface area contributed by atoms with Gasteiger partial charge in [-0.1, -0.05) is 47.5 Å². The Morgan fingerprint density at radius 1 is 1.17 bits per heavy atom. The molecule has 2 heterocycles. The molecule has 41 heavy (non-hydrogen) atoms. The number of likely N-dealkylation sites (tertiary alicyclic amines) is 1. The monoisotopic (exact) mass is 598 g/mol. The molecule has 3 N–H and O–H groups in total. The van der Waals surface area contributed by atoms with Crippen molar-refractivity contribution in [2.75, 3.05) is 32.7 Å². The van der Waals surface area contributed by atoms with Crippen LogP contribution in [-0.2, 0) is 19.1 Å². The van der Waals surface area contributed by atoms with Crippen LogP contribution in [0.25, 0.3) is 0 Å². The molecule has 2 aliphatic heterocycles. The van der Waals surface area contributed by atoms with E-state index in [1.54, 1.807) is 55.7 Å². The molecule has 0 bridgehead atoms. The highest BCUT2D eigenvalue weighted by atomic mass is 35.5. The third-order valence-corrected chi connectivity index (χ3v) is 8.23. The summed E-state index contributed by atoms with van der Waals surface area (Å²) >= 11 is 12.4. The average molecular weight is 599 g/mol. The summed E-state index contributed by atoms with van der Waals surface area (Å²) in [6.07, 6.45) is 5.25. The second kappa shape index (κ2) is 12.2. The number of amides is 1. The molecule has 1 amide bonds. The van der Waals surface area contributed by atoms with Crippen LogP contribution in [0.5, 0.6) is 0 Å². The van der Waals surface area contributed by atoms with Gasteiger partial charge in [-0.2, -0.15) is 0 Å². The second-order valence-electron chi connectivity index (χ2n) is 10.0. The molecule has 0 radical (unpaired) electrons. The van der Waals surface area contributed by atoms with Crippen LogP contribution in [0.3, 0.4) is 0 Å². The zero-order chi connectivity index (χ0) is 29.3. The molecule has 11 heteroatoms. The SMILES string of the molecule is COCCN1C2C/C(=C3\C=CC(C(=O)OC)=CC3=N)N[C@H]2[C@H](c2cccc(Cl)c2F)[C@@H]1C(=O)Nc1cccc(Cl)c1. The van der Waals surface area contributed by atoms with Crippen molar-refractivity contribution in [1.82, 2.24) is 10.2 Å². The molecule has 0 spiro atoms. The molecule has 3 aliphatic rings. The van der Waals surface area contributed by atoms with Gasteiger partial charge >= 0.3 is 5.97 Å². The van der Waals surface area contributed by atoms with Gasteiger partial charge in [0, 0.05) is 54.0 Å². The molecule has 8 nitrogen and oxygen atoms in total. The fourth-order valence-electron chi connectivity index (χ4n) is 5.93. The smallest absolute Gasteiger partial charge is 0.337 e. The van der Waals surface area contributed by atoms with Crippen LogP contribution in [0.1, 0.15) is 17.9 Å². The minimum atomic E-state index is -0.765. The lowest BCUT2D eigenvalue weighted by atomic mass is 9.86. The highest BCUT2D eigenvalue weighted by Gasteiger charge is 2.56. The summed E-state index contributed by atoms with van der Waals surface area (Å²) in [6, 6.07) is 10.3. The Bertz CT molecular complexity index is 1490. The van der Waals surface area contributed by atoms with E-state index in [0.717, 1.165) is 5.70 Å². The standard InChI is InChI=1S/C30H29Cl2FN4O4/c1-40-12-11-37-24-15-23(19-10-9-16(13-22(19)34)30(39)41-2)36-27(24)25(20-7-4-8-21(32)26(20)33)28(37)29(38)35-18-6-3-5-17(31)14-18/h3-10,13-14,24-25,27-28,34,36H,11-12,15H2,1-2H3,(H,35,38)/b23-19-,34-22?/t24?,25-,27+,28+/m0/s1. The van der Waals surface area contributed by atoms with Gasteiger partial charge in [0.2, 0.25) is 5.91 Å². The third kappa shape index (κ3) is 5.67.